The van der Waals surface area contributed by atoms with Crippen molar-refractivity contribution in [1.82, 2.24) is 0 Å². The molecular weight excluding hydrogens is 160 g/mol. The zero-order valence-corrected chi connectivity index (χ0v) is 8.29. The number of aryl methyl sites for hydroxylation is 1. The second kappa shape index (κ2) is 3.41. The average Bonchev–Trinajstić information content (AvgIpc) is 2.14. The van der Waals surface area contributed by atoms with E-state index >= 15 is 0 Å². The van der Waals surface area contributed by atoms with Gasteiger partial charge >= 0.3 is 0 Å². The summed E-state index contributed by atoms with van der Waals surface area (Å²) in [6.45, 7) is 4.35. The molecule has 1 aromatic carbocycles. The number of hydrogen-bond acceptors (Lipinski definition) is 1. The van der Waals surface area contributed by atoms with E-state index in [2.05, 4.69) is 26.0 Å². The average molecular weight is 176 g/mol. The van der Waals surface area contributed by atoms with Crippen molar-refractivity contribution in [2.45, 2.75) is 32.8 Å². The lowest BCUT2D eigenvalue weighted by molar-refractivity contribution is 0.0570. The predicted molar refractivity (Wildman–Crippen MR) is 54.0 cm³/mol. The van der Waals surface area contributed by atoms with Crippen LogP contribution in [0.2, 0.25) is 0 Å². The van der Waals surface area contributed by atoms with Crippen molar-refractivity contribution in [2.24, 2.45) is 5.92 Å². The summed E-state index contributed by atoms with van der Waals surface area (Å²) in [5, 5.41) is 0. The molecule has 2 atom stereocenters. The first-order valence-electron chi connectivity index (χ1n) is 4.99. The first kappa shape index (κ1) is 8.61. The van der Waals surface area contributed by atoms with Crippen LogP contribution < -0.4 is 4.74 Å². The normalized spacial score (nSPS) is 26.6. The van der Waals surface area contributed by atoms with Crippen molar-refractivity contribution in [3.8, 4) is 5.75 Å². The molecule has 0 amide bonds. The first-order valence-corrected chi connectivity index (χ1v) is 4.99. The molecule has 1 fully saturated rings. The van der Waals surface area contributed by atoms with E-state index in [9.17, 15) is 0 Å². The Kier molecular flexibility index (Phi) is 2.26. The van der Waals surface area contributed by atoms with E-state index in [1.807, 2.05) is 12.1 Å². The summed E-state index contributed by atoms with van der Waals surface area (Å²) in [5.74, 6) is 1.79. The topological polar surface area (TPSA) is 9.23 Å². The van der Waals surface area contributed by atoms with E-state index in [0.717, 1.165) is 11.7 Å². The maximum Gasteiger partial charge on any atom is 0.122 e. The van der Waals surface area contributed by atoms with Crippen LogP contribution >= 0.6 is 0 Å². The van der Waals surface area contributed by atoms with Crippen molar-refractivity contribution in [2.75, 3.05) is 0 Å². The highest BCUT2D eigenvalue weighted by Crippen LogP contribution is 2.31. The molecule has 0 radical (unpaired) electrons. The van der Waals surface area contributed by atoms with Crippen molar-refractivity contribution in [3.63, 3.8) is 0 Å². The Balaban J connectivity index is 2.05. The zero-order chi connectivity index (χ0) is 9.26. The smallest absolute Gasteiger partial charge is 0.122 e. The standard InChI is InChI=1S/C12H16O/c1-9-5-3-4-6-11(9)13-12-8-7-10(12)2/h3-6,10,12H,7-8H2,1-2H3/t10-,12+/m1/s1. The molecule has 0 saturated heterocycles. The van der Waals surface area contributed by atoms with Crippen molar-refractivity contribution >= 4 is 0 Å². The van der Waals surface area contributed by atoms with Gasteiger partial charge in [-0.1, -0.05) is 25.1 Å². The van der Waals surface area contributed by atoms with Gasteiger partial charge in [0.1, 0.15) is 11.9 Å². The fourth-order valence-electron chi connectivity index (χ4n) is 1.66. The first-order chi connectivity index (χ1) is 6.27. The van der Waals surface area contributed by atoms with Crippen LogP contribution in [0.3, 0.4) is 0 Å². The Morgan fingerprint density at radius 1 is 1.23 bits per heavy atom. The Morgan fingerprint density at radius 2 is 2.00 bits per heavy atom. The quantitative estimate of drug-likeness (QED) is 0.672. The van der Waals surface area contributed by atoms with E-state index in [-0.39, 0.29) is 0 Å². The minimum absolute atomic E-state index is 0.459. The molecule has 2 rings (SSSR count). The molecule has 1 aliphatic rings. The van der Waals surface area contributed by atoms with Gasteiger partial charge in [-0.2, -0.15) is 0 Å². The zero-order valence-electron chi connectivity index (χ0n) is 8.29. The minimum Gasteiger partial charge on any atom is -0.490 e. The van der Waals surface area contributed by atoms with Gasteiger partial charge in [0.25, 0.3) is 0 Å². The molecule has 1 heteroatoms. The van der Waals surface area contributed by atoms with Crippen LogP contribution in [0.1, 0.15) is 25.3 Å². The van der Waals surface area contributed by atoms with Gasteiger partial charge in [0.05, 0.1) is 0 Å². The van der Waals surface area contributed by atoms with Gasteiger partial charge in [-0.15, -0.1) is 0 Å². The lowest BCUT2D eigenvalue weighted by Gasteiger charge is -2.34. The highest BCUT2D eigenvalue weighted by Gasteiger charge is 2.28. The molecular formula is C12H16O. The third kappa shape index (κ3) is 1.69. The maximum absolute atomic E-state index is 5.89. The van der Waals surface area contributed by atoms with E-state index in [4.69, 9.17) is 4.74 Å². The molecule has 0 heterocycles. The van der Waals surface area contributed by atoms with Gasteiger partial charge in [-0.05, 0) is 37.3 Å². The summed E-state index contributed by atoms with van der Waals surface area (Å²) in [4.78, 5) is 0. The molecule has 0 unspecified atom stereocenters. The van der Waals surface area contributed by atoms with Crippen LogP contribution in [0.4, 0.5) is 0 Å². The summed E-state index contributed by atoms with van der Waals surface area (Å²) >= 11 is 0. The number of ether oxygens (including phenoxy) is 1. The third-order valence-corrected chi connectivity index (χ3v) is 2.91. The summed E-state index contributed by atoms with van der Waals surface area (Å²) in [7, 11) is 0. The van der Waals surface area contributed by atoms with Crippen LogP contribution in [0.15, 0.2) is 24.3 Å². The number of para-hydroxylation sites is 1. The summed E-state index contributed by atoms with van der Waals surface area (Å²) in [6.07, 6.45) is 2.99. The highest BCUT2D eigenvalue weighted by atomic mass is 16.5. The van der Waals surface area contributed by atoms with E-state index < -0.39 is 0 Å². The summed E-state index contributed by atoms with van der Waals surface area (Å²) in [6, 6.07) is 8.23. The molecule has 0 aromatic heterocycles. The lowest BCUT2D eigenvalue weighted by Crippen LogP contribution is -2.34. The number of rotatable bonds is 2. The molecule has 0 N–H and O–H groups in total. The van der Waals surface area contributed by atoms with Crippen molar-refractivity contribution in [1.29, 1.82) is 0 Å². The second-order valence-corrected chi connectivity index (χ2v) is 3.98. The molecule has 1 saturated carbocycles. The highest BCUT2D eigenvalue weighted by molar-refractivity contribution is 5.32. The van der Waals surface area contributed by atoms with E-state index in [1.165, 1.54) is 18.4 Å². The number of benzene rings is 1. The summed E-state index contributed by atoms with van der Waals surface area (Å²) in [5.41, 5.74) is 1.24. The van der Waals surface area contributed by atoms with Crippen LogP contribution in [0.25, 0.3) is 0 Å². The molecule has 13 heavy (non-hydrogen) atoms. The van der Waals surface area contributed by atoms with Gasteiger partial charge < -0.3 is 4.74 Å². The van der Waals surface area contributed by atoms with Gasteiger partial charge in [-0.25, -0.2) is 0 Å². The Hall–Kier alpha value is -0.980. The molecule has 1 nitrogen and oxygen atoms in total. The van der Waals surface area contributed by atoms with Gasteiger partial charge in [-0.3, -0.25) is 0 Å². The Morgan fingerprint density at radius 3 is 2.54 bits per heavy atom. The Bertz CT molecular complexity index is 293. The van der Waals surface area contributed by atoms with E-state index in [0.29, 0.717) is 6.10 Å². The molecule has 0 spiro atoms. The molecule has 0 aliphatic heterocycles. The minimum atomic E-state index is 0.459. The van der Waals surface area contributed by atoms with Crippen LogP contribution in [0, 0.1) is 12.8 Å². The third-order valence-electron chi connectivity index (χ3n) is 2.91. The van der Waals surface area contributed by atoms with Gasteiger partial charge in [0, 0.05) is 0 Å². The van der Waals surface area contributed by atoms with E-state index in [1.54, 1.807) is 0 Å². The van der Waals surface area contributed by atoms with Crippen molar-refractivity contribution < 1.29 is 4.74 Å². The number of hydrogen-bond donors (Lipinski definition) is 0. The fourth-order valence-corrected chi connectivity index (χ4v) is 1.66. The second-order valence-electron chi connectivity index (χ2n) is 3.98. The largest absolute Gasteiger partial charge is 0.490 e. The maximum atomic E-state index is 5.89. The molecule has 70 valence electrons. The van der Waals surface area contributed by atoms with Gasteiger partial charge in [0.2, 0.25) is 0 Å². The molecule has 0 bridgehead atoms. The van der Waals surface area contributed by atoms with Crippen LogP contribution in [-0.2, 0) is 0 Å². The predicted octanol–water partition coefficient (Wildman–Crippen LogP) is 3.17. The molecule has 1 aliphatic carbocycles. The van der Waals surface area contributed by atoms with Crippen LogP contribution in [0.5, 0.6) is 5.75 Å². The molecule has 1 aromatic rings. The van der Waals surface area contributed by atoms with Gasteiger partial charge in [0.15, 0.2) is 0 Å². The Labute approximate surface area is 79.7 Å². The summed E-state index contributed by atoms with van der Waals surface area (Å²) < 4.78 is 5.89. The fraction of sp³-hybridized carbons (Fsp3) is 0.500. The SMILES string of the molecule is Cc1ccccc1O[C@H]1CC[C@H]1C. The van der Waals surface area contributed by atoms with Crippen LogP contribution in [-0.4, -0.2) is 6.10 Å². The monoisotopic (exact) mass is 176 g/mol. The van der Waals surface area contributed by atoms with Crippen molar-refractivity contribution in [3.05, 3.63) is 29.8 Å². The lowest BCUT2D eigenvalue weighted by atomic mass is 9.83.